The van der Waals surface area contributed by atoms with Crippen molar-refractivity contribution in [3.05, 3.63) is 57.6 Å². The fourth-order valence-corrected chi connectivity index (χ4v) is 2.81. The standard InChI is InChI=1S/C20H25N3O5/c1-14-5-7-16(23(25)26)12-17(14)21-20(24)13-22(2)10-9-15-6-8-18(27-3)19(11-15)28-4/h5-8,11-12H,9-10,13H2,1-4H3,(H,21,24)/p+1. The van der Waals surface area contributed by atoms with Gasteiger partial charge in [0.2, 0.25) is 0 Å². The van der Waals surface area contributed by atoms with Crippen LogP contribution in [0.25, 0.3) is 0 Å². The number of non-ortho nitro benzene ring substituents is 1. The molecule has 1 atom stereocenters. The van der Waals surface area contributed by atoms with E-state index in [2.05, 4.69) is 5.32 Å². The Hall–Kier alpha value is -3.13. The van der Waals surface area contributed by atoms with E-state index in [0.29, 0.717) is 17.2 Å². The average molecular weight is 388 g/mol. The van der Waals surface area contributed by atoms with E-state index < -0.39 is 4.92 Å². The highest BCUT2D eigenvalue weighted by atomic mass is 16.6. The molecule has 8 nitrogen and oxygen atoms in total. The Morgan fingerprint density at radius 2 is 1.86 bits per heavy atom. The van der Waals surface area contributed by atoms with Crippen LogP contribution in [0.1, 0.15) is 11.1 Å². The van der Waals surface area contributed by atoms with E-state index in [0.717, 1.165) is 29.0 Å². The van der Waals surface area contributed by atoms with E-state index in [1.807, 2.05) is 25.2 Å². The first-order valence-corrected chi connectivity index (χ1v) is 8.91. The predicted molar refractivity (Wildman–Crippen MR) is 106 cm³/mol. The molecule has 28 heavy (non-hydrogen) atoms. The predicted octanol–water partition coefficient (Wildman–Crippen LogP) is 1.62. The summed E-state index contributed by atoms with van der Waals surface area (Å²) in [6, 6.07) is 10.2. The van der Waals surface area contributed by atoms with Gasteiger partial charge in [0.15, 0.2) is 18.0 Å². The number of likely N-dealkylation sites (N-methyl/N-ethyl adjacent to an activating group) is 1. The van der Waals surface area contributed by atoms with E-state index >= 15 is 0 Å². The second-order valence-corrected chi connectivity index (χ2v) is 6.63. The normalized spacial score (nSPS) is 11.6. The Bertz CT molecular complexity index is 854. The number of hydrogen-bond acceptors (Lipinski definition) is 5. The summed E-state index contributed by atoms with van der Waals surface area (Å²) >= 11 is 0. The zero-order chi connectivity index (χ0) is 20.7. The van der Waals surface area contributed by atoms with Gasteiger partial charge in [-0.2, -0.15) is 0 Å². The number of ether oxygens (including phenoxy) is 2. The van der Waals surface area contributed by atoms with Crippen LogP contribution < -0.4 is 19.7 Å². The maximum atomic E-state index is 12.3. The summed E-state index contributed by atoms with van der Waals surface area (Å²) in [5.41, 5.74) is 2.29. The Kier molecular flexibility index (Phi) is 7.34. The number of carbonyl (C=O) groups is 1. The van der Waals surface area contributed by atoms with Crippen LogP contribution in [0.5, 0.6) is 11.5 Å². The topological polar surface area (TPSA) is 95.1 Å². The minimum absolute atomic E-state index is 0.0462. The lowest BCUT2D eigenvalue weighted by Gasteiger charge is -2.15. The minimum atomic E-state index is -0.477. The quantitative estimate of drug-likeness (QED) is 0.503. The van der Waals surface area contributed by atoms with Gasteiger partial charge >= 0.3 is 0 Å². The van der Waals surface area contributed by atoms with Gasteiger partial charge in [0.1, 0.15) is 0 Å². The molecule has 0 aromatic heterocycles. The lowest BCUT2D eigenvalue weighted by Crippen LogP contribution is -3.10. The number of methoxy groups -OCH3 is 2. The number of rotatable bonds is 9. The fourth-order valence-electron chi connectivity index (χ4n) is 2.81. The van der Waals surface area contributed by atoms with Crippen LogP contribution in [-0.2, 0) is 11.2 Å². The summed E-state index contributed by atoms with van der Waals surface area (Å²) in [7, 11) is 5.12. The third-order valence-electron chi connectivity index (χ3n) is 4.46. The van der Waals surface area contributed by atoms with Crippen molar-refractivity contribution in [1.29, 1.82) is 0 Å². The Morgan fingerprint density at radius 3 is 2.50 bits per heavy atom. The Morgan fingerprint density at radius 1 is 1.14 bits per heavy atom. The molecule has 2 rings (SSSR count). The van der Waals surface area contributed by atoms with Crippen molar-refractivity contribution >= 4 is 17.3 Å². The molecule has 2 aromatic rings. The first kappa shape index (κ1) is 21.2. The molecule has 0 saturated heterocycles. The Balaban J connectivity index is 1.91. The summed E-state index contributed by atoms with van der Waals surface area (Å²) in [4.78, 5) is 23.8. The number of nitro groups is 1. The number of nitrogens with one attached hydrogen (secondary N) is 2. The van der Waals surface area contributed by atoms with Gasteiger partial charge in [0.05, 0.1) is 38.4 Å². The number of amides is 1. The monoisotopic (exact) mass is 388 g/mol. The second-order valence-electron chi connectivity index (χ2n) is 6.63. The van der Waals surface area contributed by atoms with E-state index in [1.165, 1.54) is 12.1 Å². The van der Waals surface area contributed by atoms with E-state index in [-0.39, 0.29) is 18.1 Å². The van der Waals surface area contributed by atoms with E-state index in [9.17, 15) is 14.9 Å². The van der Waals surface area contributed by atoms with Crippen LogP contribution in [0.3, 0.4) is 0 Å². The van der Waals surface area contributed by atoms with Crippen molar-refractivity contribution in [3.63, 3.8) is 0 Å². The zero-order valence-corrected chi connectivity index (χ0v) is 16.6. The van der Waals surface area contributed by atoms with Crippen LogP contribution in [-0.4, -0.2) is 45.2 Å². The highest BCUT2D eigenvalue weighted by Crippen LogP contribution is 2.27. The third-order valence-corrected chi connectivity index (χ3v) is 4.46. The van der Waals surface area contributed by atoms with E-state index in [4.69, 9.17) is 9.47 Å². The fraction of sp³-hybridized carbons (Fsp3) is 0.350. The molecule has 8 heteroatoms. The molecule has 1 amide bonds. The number of benzene rings is 2. The highest BCUT2D eigenvalue weighted by molar-refractivity contribution is 5.92. The van der Waals surface area contributed by atoms with Crippen molar-refractivity contribution in [1.82, 2.24) is 0 Å². The van der Waals surface area contributed by atoms with Crippen molar-refractivity contribution in [2.75, 3.05) is 39.7 Å². The summed E-state index contributed by atoms with van der Waals surface area (Å²) in [5, 5.41) is 13.7. The molecule has 0 radical (unpaired) electrons. The van der Waals surface area contributed by atoms with Crippen molar-refractivity contribution in [2.24, 2.45) is 0 Å². The van der Waals surface area contributed by atoms with Gasteiger partial charge in [0.25, 0.3) is 11.6 Å². The molecule has 0 fully saturated rings. The molecule has 0 aliphatic rings. The number of anilines is 1. The molecule has 1 unspecified atom stereocenters. The van der Waals surface area contributed by atoms with Gasteiger partial charge < -0.3 is 19.7 Å². The molecule has 2 aromatic carbocycles. The van der Waals surface area contributed by atoms with Crippen LogP contribution in [0.2, 0.25) is 0 Å². The number of aryl methyl sites for hydroxylation is 1. The van der Waals surface area contributed by atoms with Gasteiger partial charge in [-0.25, -0.2) is 0 Å². The number of hydrogen-bond donors (Lipinski definition) is 2. The Labute approximate surface area is 164 Å². The highest BCUT2D eigenvalue weighted by Gasteiger charge is 2.14. The zero-order valence-electron chi connectivity index (χ0n) is 16.6. The molecular formula is C20H26N3O5+. The smallest absolute Gasteiger partial charge is 0.279 e. The largest absolute Gasteiger partial charge is 0.493 e. The van der Waals surface area contributed by atoms with Gasteiger partial charge in [-0.15, -0.1) is 0 Å². The summed E-state index contributed by atoms with van der Waals surface area (Å²) in [5.74, 6) is 1.17. The lowest BCUT2D eigenvalue weighted by atomic mass is 10.1. The van der Waals surface area contributed by atoms with Gasteiger partial charge in [-0.3, -0.25) is 14.9 Å². The molecule has 0 heterocycles. The molecule has 0 bridgehead atoms. The van der Waals surface area contributed by atoms with Crippen LogP contribution in [0, 0.1) is 17.0 Å². The van der Waals surface area contributed by atoms with Crippen molar-refractivity contribution < 1.29 is 24.1 Å². The number of carbonyl (C=O) groups excluding carboxylic acids is 1. The third kappa shape index (κ3) is 5.68. The van der Waals surface area contributed by atoms with Gasteiger partial charge in [-0.1, -0.05) is 12.1 Å². The van der Waals surface area contributed by atoms with E-state index in [1.54, 1.807) is 27.2 Å². The first-order chi connectivity index (χ1) is 13.3. The lowest BCUT2D eigenvalue weighted by molar-refractivity contribution is -0.870. The van der Waals surface area contributed by atoms with Crippen LogP contribution in [0.4, 0.5) is 11.4 Å². The molecule has 0 saturated carbocycles. The maximum Gasteiger partial charge on any atom is 0.279 e. The minimum Gasteiger partial charge on any atom is -0.493 e. The molecule has 0 aliphatic heterocycles. The molecule has 0 aliphatic carbocycles. The molecule has 150 valence electrons. The van der Waals surface area contributed by atoms with Crippen molar-refractivity contribution in [2.45, 2.75) is 13.3 Å². The number of nitro benzene ring substituents is 1. The SMILES string of the molecule is COc1ccc(CC[NH+](C)CC(=O)Nc2cc([N+](=O)[O-])ccc2C)cc1OC. The summed E-state index contributed by atoms with van der Waals surface area (Å²) in [6.45, 7) is 2.80. The second kappa shape index (κ2) is 9.70. The first-order valence-electron chi connectivity index (χ1n) is 8.91. The summed E-state index contributed by atoms with van der Waals surface area (Å²) in [6.07, 6.45) is 0.773. The average Bonchev–Trinajstić information content (AvgIpc) is 2.67. The van der Waals surface area contributed by atoms with Crippen LogP contribution in [0.15, 0.2) is 36.4 Å². The number of quaternary nitrogens is 1. The van der Waals surface area contributed by atoms with Gasteiger partial charge in [-0.05, 0) is 30.2 Å². The molecular weight excluding hydrogens is 362 g/mol. The van der Waals surface area contributed by atoms with Crippen molar-refractivity contribution in [3.8, 4) is 11.5 Å². The van der Waals surface area contributed by atoms with Gasteiger partial charge in [0, 0.05) is 18.6 Å². The number of nitrogens with zero attached hydrogens (tertiary/aromatic N) is 1. The summed E-state index contributed by atoms with van der Waals surface area (Å²) < 4.78 is 10.5. The van der Waals surface area contributed by atoms with Crippen LogP contribution >= 0.6 is 0 Å². The maximum absolute atomic E-state index is 12.3. The molecule has 2 N–H and O–H groups in total. The molecule has 0 spiro atoms.